The van der Waals surface area contributed by atoms with Crippen LogP contribution >= 0.6 is 0 Å². The number of para-hydroxylation sites is 1. The van der Waals surface area contributed by atoms with Crippen molar-refractivity contribution in [2.45, 2.75) is 19.4 Å². The zero-order valence-electron chi connectivity index (χ0n) is 18.4. The van der Waals surface area contributed by atoms with Crippen LogP contribution in [0, 0.1) is 10.1 Å². The topological polar surface area (TPSA) is 128 Å². The number of rotatable bonds is 8. The number of nitro benzene ring substituents is 1. The summed E-state index contributed by atoms with van der Waals surface area (Å²) in [4.78, 5) is 50.7. The van der Waals surface area contributed by atoms with Gasteiger partial charge in [-0.05, 0) is 24.6 Å². The highest BCUT2D eigenvalue weighted by Crippen LogP contribution is 2.20. The lowest BCUT2D eigenvalue weighted by Gasteiger charge is -2.36. The van der Waals surface area contributed by atoms with Gasteiger partial charge in [-0.2, -0.15) is 0 Å². The molecule has 2 heterocycles. The molecule has 2 aromatic carbocycles. The number of aromatic nitrogens is 1. The molecule has 1 aliphatic heterocycles. The van der Waals surface area contributed by atoms with E-state index in [9.17, 15) is 24.5 Å². The Morgan fingerprint density at radius 1 is 1.06 bits per heavy atom. The Kier molecular flexibility index (Phi) is 6.90. The van der Waals surface area contributed by atoms with Crippen LogP contribution in [0.5, 0.6) is 0 Å². The molecular formula is C23H24N4O7. The number of carbonyl (C=O) groups is 2. The Morgan fingerprint density at radius 2 is 1.79 bits per heavy atom. The molecule has 178 valence electrons. The number of esters is 1. The monoisotopic (exact) mass is 468 g/mol. The van der Waals surface area contributed by atoms with Crippen molar-refractivity contribution in [3.63, 3.8) is 0 Å². The maximum atomic E-state index is 12.4. The van der Waals surface area contributed by atoms with Crippen molar-refractivity contribution in [1.29, 1.82) is 0 Å². The first-order valence-corrected chi connectivity index (χ1v) is 10.9. The molecule has 0 aliphatic carbocycles. The Balaban J connectivity index is 1.21. The Morgan fingerprint density at radius 3 is 2.50 bits per heavy atom. The molecule has 0 bridgehead atoms. The van der Waals surface area contributed by atoms with Gasteiger partial charge in [-0.1, -0.05) is 18.2 Å². The van der Waals surface area contributed by atoms with Crippen LogP contribution in [0.1, 0.15) is 12.8 Å². The summed E-state index contributed by atoms with van der Waals surface area (Å²) in [6, 6.07) is 13.9. The van der Waals surface area contributed by atoms with Crippen molar-refractivity contribution in [1.82, 2.24) is 9.47 Å². The molecule has 1 aliphatic rings. The summed E-state index contributed by atoms with van der Waals surface area (Å²) in [7, 11) is 0. The Bertz CT molecular complexity index is 1240. The van der Waals surface area contributed by atoms with Crippen molar-refractivity contribution in [2.24, 2.45) is 0 Å². The predicted molar refractivity (Wildman–Crippen MR) is 123 cm³/mol. The maximum absolute atomic E-state index is 12.4. The number of aryl methyl sites for hydroxylation is 1. The highest BCUT2D eigenvalue weighted by Gasteiger charge is 2.22. The van der Waals surface area contributed by atoms with Gasteiger partial charge in [-0.25, -0.2) is 4.79 Å². The summed E-state index contributed by atoms with van der Waals surface area (Å²) in [5, 5.41) is 10.9. The number of hydrogen-bond donors (Lipinski definition) is 0. The highest BCUT2D eigenvalue weighted by molar-refractivity contribution is 5.81. The first kappa shape index (κ1) is 23.0. The zero-order valence-corrected chi connectivity index (χ0v) is 18.4. The van der Waals surface area contributed by atoms with Gasteiger partial charge in [0.1, 0.15) is 0 Å². The maximum Gasteiger partial charge on any atom is 0.419 e. The fourth-order valence-electron chi connectivity index (χ4n) is 3.92. The molecular weight excluding hydrogens is 444 g/mol. The number of amides is 1. The smallest absolute Gasteiger partial charge is 0.419 e. The van der Waals surface area contributed by atoms with Gasteiger partial charge in [0.25, 0.3) is 11.6 Å². The summed E-state index contributed by atoms with van der Waals surface area (Å²) in [6.45, 7) is 2.39. The summed E-state index contributed by atoms with van der Waals surface area (Å²) >= 11 is 0. The summed E-state index contributed by atoms with van der Waals surface area (Å²) in [5.41, 5.74) is 1.46. The van der Waals surface area contributed by atoms with Crippen LogP contribution < -0.4 is 10.7 Å². The number of fused-ring (bicyclic) bond motifs is 1. The van der Waals surface area contributed by atoms with Crippen LogP contribution in [0.2, 0.25) is 0 Å². The minimum absolute atomic E-state index is 0.0150. The second-order valence-electron chi connectivity index (χ2n) is 7.90. The molecule has 1 fully saturated rings. The molecule has 0 atom stereocenters. The summed E-state index contributed by atoms with van der Waals surface area (Å²) < 4.78 is 11.5. The molecule has 1 aromatic heterocycles. The van der Waals surface area contributed by atoms with Crippen molar-refractivity contribution in [3.05, 3.63) is 69.2 Å². The van der Waals surface area contributed by atoms with E-state index in [-0.39, 0.29) is 43.2 Å². The van der Waals surface area contributed by atoms with Crippen LogP contribution in [0.4, 0.5) is 11.4 Å². The first-order chi connectivity index (χ1) is 16.4. The number of hydrogen-bond acceptors (Lipinski definition) is 8. The first-order valence-electron chi connectivity index (χ1n) is 10.9. The van der Waals surface area contributed by atoms with Gasteiger partial charge in [-0.15, -0.1) is 0 Å². The molecule has 1 saturated heterocycles. The molecule has 0 saturated carbocycles. The van der Waals surface area contributed by atoms with E-state index >= 15 is 0 Å². The van der Waals surface area contributed by atoms with E-state index in [0.717, 1.165) is 5.69 Å². The van der Waals surface area contributed by atoms with E-state index in [4.69, 9.17) is 9.15 Å². The summed E-state index contributed by atoms with van der Waals surface area (Å²) in [6.07, 6.45) is 0.301. The third kappa shape index (κ3) is 5.25. The molecule has 0 N–H and O–H groups in total. The van der Waals surface area contributed by atoms with Gasteiger partial charge >= 0.3 is 11.7 Å². The molecule has 0 radical (unpaired) electrons. The number of piperazine rings is 1. The van der Waals surface area contributed by atoms with E-state index < -0.39 is 16.6 Å². The second kappa shape index (κ2) is 10.2. The van der Waals surface area contributed by atoms with Crippen molar-refractivity contribution < 1.29 is 23.7 Å². The molecule has 0 unspecified atom stereocenters. The largest absolute Gasteiger partial charge is 0.456 e. The minimum atomic E-state index is -0.659. The average Bonchev–Trinajstić information content (AvgIpc) is 3.17. The summed E-state index contributed by atoms with van der Waals surface area (Å²) in [5.74, 6) is -1.43. The lowest BCUT2D eigenvalue weighted by Crippen LogP contribution is -2.49. The number of nitrogens with zero attached hydrogens (tertiary/aromatic N) is 4. The molecule has 4 rings (SSSR count). The van der Waals surface area contributed by atoms with Gasteiger partial charge in [0.05, 0.1) is 16.5 Å². The number of anilines is 1. The van der Waals surface area contributed by atoms with E-state index in [2.05, 4.69) is 4.90 Å². The Hall–Kier alpha value is -4.15. The van der Waals surface area contributed by atoms with E-state index in [1.807, 2.05) is 30.3 Å². The molecule has 11 nitrogen and oxygen atoms in total. The fraction of sp³-hybridized carbons (Fsp3) is 0.348. The number of ether oxygens (including phenoxy) is 1. The fourth-order valence-corrected chi connectivity index (χ4v) is 3.92. The standard InChI is InChI=1S/C23H24N4O7/c28-21(25-13-11-24(12-14-25)17-5-2-1-3-6-17)16-33-22(29)7-4-10-26-19-9-8-18(27(31)32)15-20(19)34-23(26)30/h1-3,5-6,8-9,15H,4,7,10-14,16H2. The lowest BCUT2D eigenvalue weighted by molar-refractivity contribution is -0.384. The predicted octanol–water partition coefficient (Wildman–Crippen LogP) is 2.17. The van der Waals surface area contributed by atoms with Gasteiger partial charge in [0.15, 0.2) is 12.2 Å². The van der Waals surface area contributed by atoms with E-state index in [0.29, 0.717) is 31.7 Å². The van der Waals surface area contributed by atoms with Crippen LogP contribution in [-0.4, -0.2) is 59.1 Å². The third-order valence-electron chi connectivity index (χ3n) is 5.74. The molecule has 34 heavy (non-hydrogen) atoms. The van der Waals surface area contributed by atoms with Crippen LogP contribution in [0.15, 0.2) is 57.7 Å². The van der Waals surface area contributed by atoms with Gasteiger partial charge in [0.2, 0.25) is 0 Å². The molecule has 0 spiro atoms. The third-order valence-corrected chi connectivity index (χ3v) is 5.74. The van der Waals surface area contributed by atoms with Crippen molar-refractivity contribution in [2.75, 3.05) is 37.7 Å². The molecule has 11 heteroatoms. The van der Waals surface area contributed by atoms with Gasteiger partial charge < -0.3 is 19.0 Å². The SMILES string of the molecule is O=C(CCCn1c(=O)oc2cc([N+](=O)[O-])ccc21)OCC(=O)N1CCN(c2ccccc2)CC1. The van der Waals surface area contributed by atoms with Crippen LogP contribution in [-0.2, 0) is 20.9 Å². The number of carbonyl (C=O) groups excluding carboxylic acids is 2. The molecule has 1 amide bonds. The average molecular weight is 468 g/mol. The normalized spacial score (nSPS) is 13.8. The zero-order chi connectivity index (χ0) is 24.1. The van der Waals surface area contributed by atoms with Crippen LogP contribution in [0.3, 0.4) is 0 Å². The van der Waals surface area contributed by atoms with Crippen molar-refractivity contribution in [3.8, 4) is 0 Å². The highest BCUT2D eigenvalue weighted by atomic mass is 16.6. The number of non-ortho nitro benzene ring substituents is 1. The van der Waals surface area contributed by atoms with E-state index in [1.54, 1.807) is 4.90 Å². The van der Waals surface area contributed by atoms with Gasteiger partial charge in [0, 0.05) is 50.9 Å². The second-order valence-corrected chi connectivity index (χ2v) is 7.90. The lowest BCUT2D eigenvalue weighted by atomic mass is 10.2. The number of oxazole rings is 1. The quantitative estimate of drug-likeness (QED) is 0.280. The minimum Gasteiger partial charge on any atom is -0.456 e. The van der Waals surface area contributed by atoms with Gasteiger partial charge in [-0.3, -0.25) is 24.3 Å². The van der Waals surface area contributed by atoms with E-state index in [1.165, 1.54) is 22.8 Å². The Labute approximate surface area is 194 Å². The van der Waals surface area contributed by atoms with Crippen LogP contribution in [0.25, 0.3) is 11.1 Å². The number of benzene rings is 2. The van der Waals surface area contributed by atoms with Crippen molar-refractivity contribution >= 4 is 34.4 Å². The molecule has 3 aromatic rings. The number of nitro groups is 1.